The van der Waals surface area contributed by atoms with Gasteiger partial charge in [-0.3, -0.25) is 4.79 Å². The monoisotopic (exact) mass is 374 g/mol. The van der Waals surface area contributed by atoms with Crippen molar-refractivity contribution in [2.24, 2.45) is 17.6 Å². The number of carbonyl (C=O) groups excluding carboxylic acids is 1. The van der Waals surface area contributed by atoms with Crippen LogP contribution in [-0.4, -0.2) is 41.5 Å². The molecule has 3 fully saturated rings. The first-order valence-electron chi connectivity index (χ1n) is 11.2. The van der Waals surface area contributed by atoms with Gasteiger partial charge in [0.1, 0.15) is 5.54 Å². The van der Waals surface area contributed by atoms with E-state index < -0.39 is 11.6 Å². The fourth-order valence-corrected chi connectivity index (χ4v) is 5.36. The zero-order valence-corrected chi connectivity index (χ0v) is 17.1. The first-order chi connectivity index (χ1) is 13.0. The quantitative estimate of drug-likeness (QED) is 0.773. The van der Waals surface area contributed by atoms with E-state index in [1.807, 2.05) is 0 Å². The van der Waals surface area contributed by atoms with Crippen LogP contribution in [0.15, 0.2) is 0 Å². The maximum Gasteiger partial charge on any atom is 0.238 e. The van der Waals surface area contributed by atoms with E-state index in [1.54, 1.807) is 0 Å². The molecule has 152 valence electrons. The fourth-order valence-electron chi connectivity index (χ4n) is 5.36. The van der Waals surface area contributed by atoms with E-state index in [0.717, 1.165) is 38.3 Å². The average Bonchev–Trinajstić information content (AvgIpc) is 2.70. The van der Waals surface area contributed by atoms with E-state index in [-0.39, 0.29) is 5.91 Å². The van der Waals surface area contributed by atoms with Gasteiger partial charge in [-0.05, 0) is 56.8 Å². The Morgan fingerprint density at radius 2 is 1.78 bits per heavy atom. The summed E-state index contributed by atoms with van der Waals surface area (Å²) in [5.74, 6) is 1.31. The highest BCUT2D eigenvalue weighted by Crippen LogP contribution is 2.31. The summed E-state index contributed by atoms with van der Waals surface area (Å²) < 4.78 is 0. The highest BCUT2D eigenvalue weighted by Gasteiger charge is 2.39. The van der Waals surface area contributed by atoms with Crippen LogP contribution in [0.1, 0.15) is 84.0 Å². The van der Waals surface area contributed by atoms with Gasteiger partial charge in [0.2, 0.25) is 5.91 Å². The van der Waals surface area contributed by atoms with Gasteiger partial charge in [-0.25, -0.2) is 0 Å². The molecule has 1 heterocycles. The highest BCUT2D eigenvalue weighted by atomic mass is 16.2. The van der Waals surface area contributed by atoms with Crippen LogP contribution in [0.5, 0.6) is 0 Å². The second kappa shape index (κ2) is 9.39. The number of hydrogen-bond donors (Lipinski definition) is 2. The number of amides is 1. The lowest BCUT2D eigenvalue weighted by molar-refractivity contribution is -0.124. The summed E-state index contributed by atoms with van der Waals surface area (Å²) in [6, 6.07) is 2.62. The molecular formula is C22H38N4O. The first-order valence-corrected chi connectivity index (χ1v) is 11.2. The highest BCUT2D eigenvalue weighted by molar-refractivity contribution is 5.82. The molecule has 0 radical (unpaired) electrons. The zero-order valence-electron chi connectivity index (χ0n) is 17.1. The molecule has 0 bridgehead atoms. The van der Waals surface area contributed by atoms with Gasteiger partial charge in [0.05, 0.1) is 12.1 Å². The Bertz CT molecular complexity index is 521. The second-order valence-corrected chi connectivity index (χ2v) is 9.48. The molecule has 5 nitrogen and oxygen atoms in total. The number of nitriles is 1. The number of carbonyl (C=O) groups is 1. The number of piperidine rings is 1. The number of hydrogen-bond acceptors (Lipinski definition) is 4. The third kappa shape index (κ3) is 5.45. The van der Waals surface area contributed by atoms with Crippen molar-refractivity contribution in [1.82, 2.24) is 10.2 Å². The van der Waals surface area contributed by atoms with Crippen molar-refractivity contribution in [1.29, 1.82) is 5.26 Å². The molecule has 1 unspecified atom stereocenters. The van der Waals surface area contributed by atoms with Crippen molar-refractivity contribution in [2.75, 3.05) is 13.1 Å². The lowest BCUT2D eigenvalue weighted by Gasteiger charge is -2.43. The number of nitrogens with one attached hydrogen (secondary N) is 1. The molecule has 27 heavy (non-hydrogen) atoms. The summed E-state index contributed by atoms with van der Waals surface area (Å²) in [4.78, 5) is 15.2. The smallest absolute Gasteiger partial charge is 0.238 e. The van der Waals surface area contributed by atoms with Gasteiger partial charge < -0.3 is 16.0 Å². The van der Waals surface area contributed by atoms with Gasteiger partial charge >= 0.3 is 0 Å². The maximum absolute atomic E-state index is 12.7. The molecular weight excluding hydrogens is 336 g/mol. The number of likely N-dealkylation sites (tertiary alicyclic amines) is 1. The summed E-state index contributed by atoms with van der Waals surface area (Å²) in [5, 5.41) is 12.9. The minimum absolute atomic E-state index is 0.123. The standard InChI is InChI=1S/C22H38N4O/c1-17-7-9-19(10-8-17)26-13-11-22(16-23,12-14-26)25-21(27)20(24)15-18-5-3-2-4-6-18/h17-20H,2-15,24H2,1H3,(H,25,27). The molecule has 0 spiro atoms. The molecule has 1 aliphatic heterocycles. The van der Waals surface area contributed by atoms with Gasteiger partial charge in [-0.15, -0.1) is 0 Å². The van der Waals surface area contributed by atoms with E-state index >= 15 is 0 Å². The van der Waals surface area contributed by atoms with Crippen molar-refractivity contribution in [3.63, 3.8) is 0 Å². The van der Waals surface area contributed by atoms with Crippen molar-refractivity contribution in [3.05, 3.63) is 0 Å². The number of rotatable bonds is 5. The Balaban J connectivity index is 1.48. The molecule has 3 rings (SSSR count). The molecule has 0 aromatic heterocycles. The zero-order chi connectivity index (χ0) is 19.3. The van der Waals surface area contributed by atoms with Crippen LogP contribution in [0.2, 0.25) is 0 Å². The van der Waals surface area contributed by atoms with E-state index in [1.165, 1.54) is 57.8 Å². The van der Waals surface area contributed by atoms with Crippen LogP contribution >= 0.6 is 0 Å². The number of nitrogens with two attached hydrogens (primary N) is 1. The Kier molecular flexibility index (Phi) is 7.16. The van der Waals surface area contributed by atoms with Gasteiger partial charge in [-0.2, -0.15) is 5.26 Å². The normalized spacial score (nSPS) is 31.0. The summed E-state index contributed by atoms with van der Waals surface area (Å²) in [6.07, 6.45) is 13.6. The van der Waals surface area contributed by atoms with E-state index in [4.69, 9.17) is 5.73 Å². The lowest BCUT2D eigenvalue weighted by Crippen LogP contribution is -2.59. The van der Waals surface area contributed by atoms with E-state index in [2.05, 4.69) is 23.2 Å². The van der Waals surface area contributed by atoms with E-state index in [9.17, 15) is 10.1 Å². The third-order valence-electron chi connectivity index (χ3n) is 7.38. The summed E-state index contributed by atoms with van der Waals surface area (Å²) in [7, 11) is 0. The molecule has 1 atom stereocenters. The molecule has 2 aliphatic carbocycles. The number of nitrogens with zero attached hydrogens (tertiary/aromatic N) is 2. The fraction of sp³-hybridized carbons (Fsp3) is 0.909. The Morgan fingerprint density at radius 3 is 2.37 bits per heavy atom. The first kappa shape index (κ1) is 20.6. The Morgan fingerprint density at radius 1 is 1.15 bits per heavy atom. The SMILES string of the molecule is CC1CCC(N2CCC(C#N)(NC(=O)C(N)CC3CCCCC3)CC2)CC1. The van der Waals surface area contributed by atoms with Crippen LogP contribution in [-0.2, 0) is 4.79 Å². The molecule has 3 aliphatic rings. The minimum atomic E-state index is -0.722. The summed E-state index contributed by atoms with van der Waals surface area (Å²) >= 11 is 0. The molecule has 0 aromatic rings. The maximum atomic E-state index is 12.7. The molecule has 3 N–H and O–H groups in total. The third-order valence-corrected chi connectivity index (χ3v) is 7.38. The van der Waals surface area contributed by atoms with Gasteiger partial charge in [0.25, 0.3) is 0 Å². The molecule has 2 saturated carbocycles. The second-order valence-electron chi connectivity index (χ2n) is 9.48. The predicted molar refractivity (Wildman–Crippen MR) is 108 cm³/mol. The predicted octanol–water partition coefficient (Wildman–Crippen LogP) is 3.34. The van der Waals surface area contributed by atoms with Crippen LogP contribution in [0.4, 0.5) is 0 Å². The van der Waals surface area contributed by atoms with Crippen LogP contribution in [0.3, 0.4) is 0 Å². The van der Waals surface area contributed by atoms with E-state index in [0.29, 0.717) is 12.0 Å². The van der Waals surface area contributed by atoms with Crippen LogP contribution < -0.4 is 11.1 Å². The molecule has 5 heteroatoms. The largest absolute Gasteiger partial charge is 0.336 e. The Hall–Kier alpha value is -1.12. The summed E-state index contributed by atoms with van der Waals surface area (Å²) in [6.45, 7) is 4.16. The van der Waals surface area contributed by atoms with Gasteiger partial charge in [0.15, 0.2) is 0 Å². The Labute approximate surface area is 165 Å². The molecule has 0 aromatic carbocycles. The minimum Gasteiger partial charge on any atom is -0.336 e. The van der Waals surface area contributed by atoms with Crippen LogP contribution in [0.25, 0.3) is 0 Å². The lowest BCUT2D eigenvalue weighted by atomic mass is 9.82. The van der Waals surface area contributed by atoms with Crippen molar-refractivity contribution >= 4 is 5.91 Å². The average molecular weight is 375 g/mol. The topological polar surface area (TPSA) is 82.2 Å². The van der Waals surface area contributed by atoms with Crippen molar-refractivity contribution < 1.29 is 4.79 Å². The van der Waals surface area contributed by atoms with Crippen molar-refractivity contribution in [2.45, 2.75) is 102 Å². The van der Waals surface area contributed by atoms with Crippen LogP contribution in [0, 0.1) is 23.2 Å². The van der Waals surface area contributed by atoms with Crippen molar-refractivity contribution in [3.8, 4) is 6.07 Å². The van der Waals surface area contributed by atoms with Gasteiger partial charge in [-0.1, -0.05) is 39.0 Å². The molecule has 1 amide bonds. The van der Waals surface area contributed by atoms with Gasteiger partial charge in [0, 0.05) is 19.1 Å². The molecule has 1 saturated heterocycles. The summed E-state index contributed by atoms with van der Waals surface area (Å²) in [5.41, 5.74) is 5.48.